The van der Waals surface area contributed by atoms with Crippen LogP contribution < -0.4 is 21.3 Å². The molecule has 9 rings (SSSR count). The Hall–Kier alpha value is -4.60. The molecule has 47 heavy (non-hydrogen) atoms. The van der Waals surface area contributed by atoms with E-state index in [0.29, 0.717) is 0 Å². The summed E-state index contributed by atoms with van der Waals surface area (Å²) in [6.45, 7) is 14.3. The lowest BCUT2D eigenvalue weighted by molar-refractivity contribution is 0.587. The van der Waals surface area contributed by atoms with Crippen LogP contribution in [-0.2, 0) is 10.8 Å². The Morgan fingerprint density at radius 3 is 2.00 bits per heavy atom. The van der Waals surface area contributed by atoms with Crippen molar-refractivity contribution in [1.82, 2.24) is 0 Å². The molecule has 2 aliphatic heterocycles. The fraction of sp³-hybridized carbons (Fsp3) is 0.182. The number of para-hydroxylation sites is 2. The molecule has 0 saturated heterocycles. The van der Waals surface area contributed by atoms with Crippen molar-refractivity contribution in [2.45, 2.75) is 52.4 Å². The summed E-state index contributed by atoms with van der Waals surface area (Å²) in [6, 6.07) is 46.0. The topological polar surface area (TPSA) is 3.24 Å². The minimum Gasteiger partial charge on any atom is -0.311 e. The van der Waals surface area contributed by atoms with Crippen molar-refractivity contribution in [2.75, 3.05) is 4.90 Å². The zero-order valence-electron chi connectivity index (χ0n) is 28.0. The summed E-state index contributed by atoms with van der Waals surface area (Å²) in [5, 5.41) is 2.70. The first-order valence-electron chi connectivity index (χ1n) is 16.8. The monoisotopic (exact) mass is 623 g/mol. The number of fused-ring (bicyclic) bond motifs is 8. The summed E-state index contributed by atoms with van der Waals surface area (Å²) in [6.07, 6.45) is 0. The highest BCUT2D eigenvalue weighted by Crippen LogP contribution is 2.49. The molecule has 2 aliphatic rings. The van der Waals surface area contributed by atoms with Gasteiger partial charge in [-0.25, -0.2) is 0 Å². The minimum absolute atomic E-state index is 0.0325. The molecular formula is C44H38BNS. The molecule has 0 radical (unpaired) electrons. The van der Waals surface area contributed by atoms with Gasteiger partial charge in [-0.2, -0.15) is 0 Å². The third-order valence-corrected chi connectivity index (χ3v) is 11.5. The number of anilines is 3. The fourth-order valence-corrected chi connectivity index (χ4v) is 9.45. The van der Waals surface area contributed by atoms with Crippen molar-refractivity contribution in [3.63, 3.8) is 0 Å². The van der Waals surface area contributed by atoms with Crippen LogP contribution in [0.5, 0.6) is 0 Å². The first-order valence-corrected chi connectivity index (χ1v) is 17.6. The Labute approximate surface area is 282 Å². The average Bonchev–Trinajstić information content (AvgIpc) is 3.61. The lowest BCUT2D eigenvalue weighted by Gasteiger charge is -2.41. The van der Waals surface area contributed by atoms with Gasteiger partial charge in [0.05, 0.1) is 0 Å². The van der Waals surface area contributed by atoms with E-state index in [2.05, 4.69) is 168 Å². The largest absolute Gasteiger partial charge is 0.311 e. The molecular weight excluding hydrogens is 585 g/mol. The van der Waals surface area contributed by atoms with Gasteiger partial charge in [0.2, 0.25) is 6.71 Å². The molecule has 6 aromatic carbocycles. The maximum absolute atomic E-state index is 2.65. The molecule has 3 heterocycles. The summed E-state index contributed by atoms with van der Waals surface area (Å²) in [7, 11) is 0. The van der Waals surface area contributed by atoms with Crippen LogP contribution in [0.1, 0.15) is 52.7 Å². The standard InChI is InChI=1S/C44H38BNS/c1-43(2,3)32-18-9-11-22-36(32)46-37-26-27(28-17-13-24-39-40(28)30-16-8-12-23-38(30)47-39)25-31-29-15-7-10-20-34(29)45(41(31)37)35-21-14-19-33(42(35)46)44(4,5)6/h7-26H,1-6H3. The van der Waals surface area contributed by atoms with Crippen LogP contribution in [0.2, 0.25) is 0 Å². The molecule has 0 atom stereocenters. The van der Waals surface area contributed by atoms with Gasteiger partial charge in [0.1, 0.15) is 0 Å². The molecule has 0 aliphatic carbocycles. The second-order valence-electron chi connectivity index (χ2n) is 15.3. The second-order valence-corrected chi connectivity index (χ2v) is 16.4. The van der Waals surface area contributed by atoms with Crippen molar-refractivity contribution in [3.8, 4) is 22.3 Å². The quantitative estimate of drug-likeness (QED) is 0.173. The maximum Gasteiger partial charge on any atom is 0.248 e. The molecule has 1 aromatic heterocycles. The van der Waals surface area contributed by atoms with Crippen molar-refractivity contribution in [1.29, 1.82) is 0 Å². The highest BCUT2D eigenvalue weighted by molar-refractivity contribution is 7.26. The van der Waals surface area contributed by atoms with E-state index < -0.39 is 0 Å². The molecule has 0 fully saturated rings. The summed E-state index contributed by atoms with van der Waals surface area (Å²) < 4.78 is 2.68. The van der Waals surface area contributed by atoms with Gasteiger partial charge in [0.15, 0.2) is 0 Å². The van der Waals surface area contributed by atoms with E-state index in [1.165, 1.54) is 87.0 Å². The van der Waals surface area contributed by atoms with Crippen molar-refractivity contribution >= 4 is 71.7 Å². The number of hydrogen-bond acceptors (Lipinski definition) is 2. The van der Waals surface area contributed by atoms with E-state index >= 15 is 0 Å². The molecule has 1 nitrogen and oxygen atoms in total. The van der Waals surface area contributed by atoms with E-state index in [1.807, 2.05) is 11.3 Å². The van der Waals surface area contributed by atoms with Crippen molar-refractivity contribution in [2.24, 2.45) is 0 Å². The van der Waals surface area contributed by atoms with Gasteiger partial charge in [-0.15, -0.1) is 11.3 Å². The summed E-state index contributed by atoms with van der Waals surface area (Å²) in [4.78, 5) is 2.65. The van der Waals surface area contributed by atoms with Gasteiger partial charge in [-0.3, -0.25) is 0 Å². The van der Waals surface area contributed by atoms with Crippen LogP contribution in [0, 0.1) is 0 Å². The van der Waals surface area contributed by atoms with Crippen LogP contribution in [0.4, 0.5) is 17.1 Å². The molecule has 3 heteroatoms. The number of rotatable bonds is 2. The minimum atomic E-state index is -0.0441. The van der Waals surface area contributed by atoms with E-state index in [-0.39, 0.29) is 17.5 Å². The summed E-state index contributed by atoms with van der Waals surface area (Å²) in [5.74, 6) is 0. The van der Waals surface area contributed by atoms with Gasteiger partial charge >= 0.3 is 0 Å². The van der Waals surface area contributed by atoms with Gasteiger partial charge < -0.3 is 4.90 Å². The number of benzene rings is 6. The number of hydrogen-bond donors (Lipinski definition) is 0. The van der Waals surface area contributed by atoms with Crippen LogP contribution in [0.15, 0.2) is 121 Å². The van der Waals surface area contributed by atoms with Crippen LogP contribution >= 0.6 is 11.3 Å². The number of nitrogens with zero attached hydrogens (tertiary/aromatic N) is 1. The lowest BCUT2D eigenvalue weighted by Crippen LogP contribution is -2.55. The lowest BCUT2D eigenvalue weighted by atomic mass is 9.36. The molecule has 0 amide bonds. The first kappa shape index (κ1) is 28.6. The smallest absolute Gasteiger partial charge is 0.248 e. The third kappa shape index (κ3) is 4.15. The first-order chi connectivity index (χ1) is 22.6. The molecule has 0 saturated carbocycles. The Bertz CT molecular complexity index is 2400. The molecule has 0 N–H and O–H groups in total. The molecule has 0 unspecified atom stereocenters. The van der Waals surface area contributed by atoms with Gasteiger partial charge in [0.25, 0.3) is 0 Å². The van der Waals surface area contributed by atoms with E-state index in [4.69, 9.17) is 0 Å². The molecule has 228 valence electrons. The van der Waals surface area contributed by atoms with Crippen LogP contribution in [0.25, 0.3) is 42.4 Å². The zero-order valence-corrected chi connectivity index (χ0v) is 28.8. The van der Waals surface area contributed by atoms with E-state index in [0.717, 1.165) is 0 Å². The van der Waals surface area contributed by atoms with Gasteiger partial charge in [0, 0.05) is 37.2 Å². The summed E-state index contributed by atoms with van der Waals surface area (Å²) >= 11 is 1.89. The van der Waals surface area contributed by atoms with Crippen molar-refractivity contribution in [3.05, 3.63) is 132 Å². The highest BCUT2D eigenvalue weighted by atomic mass is 32.1. The van der Waals surface area contributed by atoms with Crippen molar-refractivity contribution < 1.29 is 0 Å². The molecule has 0 spiro atoms. The predicted molar refractivity (Wildman–Crippen MR) is 207 cm³/mol. The normalized spacial score (nSPS) is 13.7. The Morgan fingerprint density at radius 1 is 0.532 bits per heavy atom. The fourth-order valence-electron chi connectivity index (χ4n) is 8.32. The predicted octanol–water partition coefficient (Wildman–Crippen LogP) is 10.6. The Morgan fingerprint density at radius 2 is 1.17 bits per heavy atom. The van der Waals surface area contributed by atoms with Gasteiger partial charge in [-0.05, 0) is 85.5 Å². The molecule has 0 bridgehead atoms. The zero-order chi connectivity index (χ0) is 32.2. The highest BCUT2D eigenvalue weighted by Gasteiger charge is 2.45. The van der Waals surface area contributed by atoms with E-state index in [9.17, 15) is 0 Å². The Kier molecular flexibility index (Phi) is 6.06. The summed E-state index contributed by atoms with van der Waals surface area (Å²) in [5.41, 5.74) is 16.1. The molecule has 7 aromatic rings. The van der Waals surface area contributed by atoms with Crippen LogP contribution in [-0.4, -0.2) is 6.71 Å². The van der Waals surface area contributed by atoms with Crippen LogP contribution in [0.3, 0.4) is 0 Å². The second kappa shape index (κ2) is 9.95. The van der Waals surface area contributed by atoms with E-state index in [1.54, 1.807) is 0 Å². The number of thiophene rings is 1. The van der Waals surface area contributed by atoms with Gasteiger partial charge in [-0.1, -0.05) is 138 Å². The SMILES string of the molecule is CC(C)(C)c1ccccc1N1c2cc(-c3cccc4sc5ccccc5c34)cc3c2B(c2ccccc2-3)c2cccc(C(C)(C)C)c21. The Balaban J connectivity index is 1.44. The average molecular weight is 624 g/mol. The third-order valence-electron chi connectivity index (χ3n) is 10.3. The maximum atomic E-state index is 2.65.